The fourth-order valence-corrected chi connectivity index (χ4v) is 2.57. The van der Waals surface area contributed by atoms with Gasteiger partial charge in [0.2, 0.25) is 0 Å². The molecule has 0 bridgehead atoms. The van der Waals surface area contributed by atoms with Gasteiger partial charge in [-0.05, 0) is 58.5 Å². The first-order valence-electron chi connectivity index (χ1n) is 7.25. The van der Waals surface area contributed by atoms with E-state index in [1.54, 1.807) is 0 Å². The third-order valence-corrected chi connectivity index (χ3v) is 4.12. The highest BCUT2D eigenvalue weighted by molar-refractivity contribution is 6.16. The Bertz CT molecular complexity index is 574. The molecule has 0 amide bonds. The number of rotatable bonds is 6. The van der Waals surface area contributed by atoms with E-state index in [9.17, 15) is 0 Å². The second-order valence-electron chi connectivity index (χ2n) is 5.73. The largest absolute Gasteiger partial charge is 0.327 e. The maximum absolute atomic E-state index is 6.04. The number of imidazole rings is 1. The number of aryl methyl sites for hydroxylation is 2. The molecule has 0 fully saturated rings. The maximum atomic E-state index is 6.04. The van der Waals surface area contributed by atoms with E-state index in [0.717, 1.165) is 30.9 Å². The first-order valence-corrected chi connectivity index (χ1v) is 7.78. The summed E-state index contributed by atoms with van der Waals surface area (Å²) >= 11 is 6.04. The molecule has 0 unspecified atom stereocenters. The molecule has 0 radical (unpaired) electrons. The SMILES string of the molecule is Cc1ccc2nc(CCl)n(CCCN(C)C(C)C)c2c1. The van der Waals surface area contributed by atoms with Crippen LogP contribution in [0.5, 0.6) is 0 Å². The Labute approximate surface area is 126 Å². The van der Waals surface area contributed by atoms with Crippen LogP contribution in [-0.2, 0) is 12.4 Å². The molecule has 20 heavy (non-hydrogen) atoms. The number of aromatic nitrogens is 2. The topological polar surface area (TPSA) is 21.1 Å². The molecule has 2 aromatic rings. The van der Waals surface area contributed by atoms with Gasteiger partial charge in [0, 0.05) is 12.6 Å². The molecule has 4 heteroatoms. The van der Waals surface area contributed by atoms with E-state index in [4.69, 9.17) is 11.6 Å². The monoisotopic (exact) mass is 293 g/mol. The number of nitrogens with zero attached hydrogens (tertiary/aromatic N) is 3. The summed E-state index contributed by atoms with van der Waals surface area (Å²) in [6, 6.07) is 6.97. The maximum Gasteiger partial charge on any atom is 0.124 e. The molecule has 0 spiro atoms. The van der Waals surface area contributed by atoms with E-state index in [-0.39, 0.29) is 0 Å². The van der Waals surface area contributed by atoms with Gasteiger partial charge < -0.3 is 9.47 Å². The number of benzene rings is 1. The van der Waals surface area contributed by atoms with Gasteiger partial charge in [-0.2, -0.15) is 0 Å². The Morgan fingerprint density at radius 2 is 2.10 bits per heavy atom. The minimum Gasteiger partial charge on any atom is -0.327 e. The van der Waals surface area contributed by atoms with Crippen molar-refractivity contribution in [3.05, 3.63) is 29.6 Å². The van der Waals surface area contributed by atoms with Gasteiger partial charge in [-0.15, -0.1) is 11.6 Å². The van der Waals surface area contributed by atoms with Crippen LogP contribution in [-0.4, -0.2) is 34.1 Å². The average molecular weight is 294 g/mol. The van der Waals surface area contributed by atoms with Crippen molar-refractivity contribution in [1.29, 1.82) is 0 Å². The third kappa shape index (κ3) is 3.33. The first kappa shape index (κ1) is 15.3. The van der Waals surface area contributed by atoms with Gasteiger partial charge in [0.05, 0.1) is 16.9 Å². The van der Waals surface area contributed by atoms with Gasteiger partial charge in [-0.1, -0.05) is 6.07 Å². The Hall–Kier alpha value is -1.06. The average Bonchev–Trinajstić information content (AvgIpc) is 2.76. The molecule has 1 heterocycles. The molecule has 3 nitrogen and oxygen atoms in total. The lowest BCUT2D eigenvalue weighted by atomic mass is 10.2. The smallest absolute Gasteiger partial charge is 0.124 e. The summed E-state index contributed by atoms with van der Waals surface area (Å²) in [5.74, 6) is 1.44. The quantitative estimate of drug-likeness (QED) is 0.755. The van der Waals surface area contributed by atoms with Gasteiger partial charge in [0.1, 0.15) is 5.82 Å². The molecule has 2 rings (SSSR count). The van der Waals surface area contributed by atoms with E-state index in [1.807, 2.05) is 0 Å². The molecule has 0 N–H and O–H groups in total. The molecule has 110 valence electrons. The summed E-state index contributed by atoms with van der Waals surface area (Å²) in [7, 11) is 2.17. The predicted octanol–water partition coefficient (Wildman–Crippen LogP) is 3.81. The number of fused-ring (bicyclic) bond motifs is 1. The van der Waals surface area contributed by atoms with Crippen molar-refractivity contribution in [3.63, 3.8) is 0 Å². The summed E-state index contributed by atoms with van der Waals surface area (Å²) in [5.41, 5.74) is 3.51. The lowest BCUT2D eigenvalue weighted by Crippen LogP contribution is -2.28. The summed E-state index contributed by atoms with van der Waals surface area (Å²) in [4.78, 5) is 6.99. The van der Waals surface area contributed by atoms with Crippen LogP contribution in [0.25, 0.3) is 11.0 Å². The zero-order valence-electron chi connectivity index (χ0n) is 12.9. The van der Waals surface area contributed by atoms with E-state index in [1.165, 1.54) is 11.1 Å². The third-order valence-electron chi connectivity index (χ3n) is 3.88. The van der Waals surface area contributed by atoms with Crippen molar-refractivity contribution in [1.82, 2.24) is 14.5 Å². The number of halogens is 1. The Morgan fingerprint density at radius 1 is 1.35 bits per heavy atom. The van der Waals surface area contributed by atoms with Crippen molar-refractivity contribution < 1.29 is 0 Å². The molecule has 1 aromatic heterocycles. The molecular weight excluding hydrogens is 270 g/mol. The lowest BCUT2D eigenvalue weighted by Gasteiger charge is -2.21. The predicted molar refractivity (Wildman–Crippen MR) is 86.4 cm³/mol. The van der Waals surface area contributed by atoms with Gasteiger partial charge >= 0.3 is 0 Å². The summed E-state index contributed by atoms with van der Waals surface area (Å²) in [5, 5.41) is 0. The van der Waals surface area contributed by atoms with Gasteiger partial charge in [0.25, 0.3) is 0 Å². The molecule has 1 aromatic carbocycles. The van der Waals surface area contributed by atoms with Crippen molar-refractivity contribution >= 4 is 22.6 Å². The molecule has 0 atom stereocenters. The van der Waals surface area contributed by atoms with E-state index < -0.39 is 0 Å². The summed E-state index contributed by atoms with van der Waals surface area (Å²) in [6.07, 6.45) is 1.11. The zero-order valence-corrected chi connectivity index (χ0v) is 13.6. The Morgan fingerprint density at radius 3 is 2.75 bits per heavy atom. The number of hydrogen-bond donors (Lipinski definition) is 0. The van der Waals surface area contributed by atoms with Crippen LogP contribution < -0.4 is 0 Å². The van der Waals surface area contributed by atoms with Crippen LogP contribution in [0.3, 0.4) is 0 Å². The molecular formula is C16H24ClN3. The van der Waals surface area contributed by atoms with E-state index in [2.05, 4.69) is 60.5 Å². The highest BCUT2D eigenvalue weighted by Gasteiger charge is 2.10. The summed E-state index contributed by atoms with van der Waals surface area (Å²) < 4.78 is 2.27. The van der Waals surface area contributed by atoms with Gasteiger partial charge in [-0.25, -0.2) is 4.98 Å². The van der Waals surface area contributed by atoms with Gasteiger partial charge in [0.15, 0.2) is 0 Å². The van der Waals surface area contributed by atoms with Crippen LogP contribution in [0.1, 0.15) is 31.7 Å². The van der Waals surface area contributed by atoms with Crippen LogP contribution in [0.15, 0.2) is 18.2 Å². The van der Waals surface area contributed by atoms with Crippen LogP contribution >= 0.6 is 11.6 Å². The number of alkyl halides is 1. The fraction of sp³-hybridized carbons (Fsp3) is 0.562. The Kier molecular flexibility index (Phi) is 5.06. The van der Waals surface area contributed by atoms with Crippen molar-refractivity contribution in [2.75, 3.05) is 13.6 Å². The first-order chi connectivity index (χ1) is 9.52. The minimum absolute atomic E-state index is 0.466. The van der Waals surface area contributed by atoms with Crippen LogP contribution in [0, 0.1) is 6.92 Å². The minimum atomic E-state index is 0.466. The van der Waals surface area contributed by atoms with Crippen molar-refractivity contribution in [2.24, 2.45) is 0 Å². The molecule has 0 aliphatic carbocycles. The zero-order chi connectivity index (χ0) is 14.7. The fourth-order valence-electron chi connectivity index (χ4n) is 2.37. The lowest BCUT2D eigenvalue weighted by molar-refractivity contribution is 0.265. The van der Waals surface area contributed by atoms with E-state index in [0.29, 0.717) is 11.9 Å². The normalized spacial score (nSPS) is 11.9. The molecule has 0 saturated heterocycles. The highest BCUT2D eigenvalue weighted by Crippen LogP contribution is 2.19. The van der Waals surface area contributed by atoms with Crippen molar-refractivity contribution in [3.8, 4) is 0 Å². The molecule has 0 aliphatic rings. The second-order valence-corrected chi connectivity index (χ2v) is 6.00. The molecule has 0 aliphatic heterocycles. The summed E-state index contributed by atoms with van der Waals surface area (Å²) in [6.45, 7) is 8.62. The van der Waals surface area contributed by atoms with E-state index >= 15 is 0 Å². The standard InChI is InChI=1S/C16H24ClN3/c1-12(2)19(4)8-5-9-20-15-10-13(3)6-7-14(15)18-16(20)11-17/h6-7,10,12H,5,8-9,11H2,1-4H3. The van der Waals surface area contributed by atoms with Crippen LogP contribution in [0.4, 0.5) is 0 Å². The second kappa shape index (κ2) is 6.59. The van der Waals surface area contributed by atoms with Crippen molar-refractivity contribution in [2.45, 2.75) is 45.7 Å². The van der Waals surface area contributed by atoms with Gasteiger partial charge in [-0.3, -0.25) is 0 Å². The highest BCUT2D eigenvalue weighted by atomic mass is 35.5. The number of hydrogen-bond acceptors (Lipinski definition) is 2. The van der Waals surface area contributed by atoms with Crippen LogP contribution in [0.2, 0.25) is 0 Å². The molecule has 0 saturated carbocycles. The Balaban J connectivity index is 2.17.